The lowest BCUT2D eigenvalue weighted by atomic mass is 9.46. The highest BCUT2D eigenvalue weighted by Crippen LogP contribution is 2.62. The van der Waals surface area contributed by atoms with E-state index in [1.54, 1.807) is 0 Å². The second-order valence-corrected chi connectivity index (χ2v) is 9.30. The molecule has 1 N–H and O–H groups in total. The molecule has 0 spiro atoms. The van der Waals surface area contributed by atoms with Gasteiger partial charge in [-0.1, -0.05) is 27.2 Å². The molecule has 0 amide bonds. The predicted molar refractivity (Wildman–Crippen MR) is 86.1 cm³/mol. The van der Waals surface area contributed by atoms with Gasteiger partial charge in [-0.05, 0) is 74.0 Å². The van der Waals surface area contributed by atoms with Crippen LogP contribution in [0.4, 0.5) is 0 Å². The van der Waals surface area contributed by atoms with Crippen molar-refractivity contribution in [2.24, 2.45) is 28.6 Å². The van der Waals surface area contributed by atoms with Crippen molar-refractivity contribution < 1.29 is 9.84 Å². The van der Waals surface area contributed by atoms with Crippen LogP contribution in [0.3, 0.4) is 0 Å². The molecule has 3 aliphatic rings. The summed E-state index contributed by atoms with van der Waals surface area (Å²) in [5, 5.41) is 9.66. The van der Waals surface area contributed by atoms with E-state index in [9.17, 15) is 5.11 Å². The van der Waals surface area contributed by atoms with Gasteiger partial charge in [0.1, 0.15) is 0 Å². The number of aliphatic hydroxyl groups excluding tert-OH is 1. The van der Waals surface area contributed by atoms with Crippen LogP contribution in [0.15, 0.2) is 0 Å². The number of ether oxygens (including phenoxy) is 1. The molecule has 1 saturated heterocycles. The fourth-order valence-corrected chi connectivity index (χ4v) is 6.18. The van der Waals surface area contributed by atoms with E-state index >= 15 is 0 Å². The summed E-state index contributed by atoms with van der Waals surface area (Å²) in [5.74, 6) is 2.39. The monoisotopic (exact) mass is 294 g/mol. The number of aliphatic hydroxyl groups is 1. The number of fused-ring (bicyclic) bond motifs is 3. The molecule has 122 valence electrons. The molecule has 2 saturated carbocycles. The molecule has 21 heavy (non-hydrogen) atoms. The Bertz CT molecular complexity index is 391. The average Bonchev–Trinajstić information content (AvgIpc) is 2.59. The summed E-state index contributed by atoms with van der Waals surface area (Å²) in [6.07, 6.45) is 9.16. The summed E-state index contributed by atoms with van der Waals surface area (Å²) < 4.78 is 6.14. The van der Waals surface area contributed by atoms with Crippen LogP contribution >= 0.6 is 0 Å². The SMILES string of the molecule is CC1(C)CCC[C@]2(C)[C@H]3CC[C@](C)(CO)OC[C@H]3CC[C@@H]12. The number of hydrogen-bond acceptors (Lipinski definition) is 2. The first-order chi connectivity index (χ1) is 9.81. The largest absolute Gasteiger partial charge is 0.393 e. The molecule has 0 unspecified atom stereocenters. The number of hydrogen-bond donors (Lipinski definition) is 1. The van der Waals surface area contributed by atoms with Crippen molar-refractivity contribution >= 4 is 0 Å². The van der Waals surface area contributed by atoms with Crippen molar-refractivity contribution in [1.82, 2.24) is 0 Å². The molecule has 2 aliphatic carbocycles. The van der Waals surface area contributed by atoms with Crippen molar-refractivity contribution in [1.29, 1.82) is 0 Å². The van der Waals surface area contributed by atoms with Crippen molar-refractivity contribution in [3.63, 3.8) is 0 Å². The Hall–Kier alpha value is -0.0800. The molecule has 2 nitrogen and oxygen atoms in total. The molecule has 0 radical (unpaired) electrons. The molecular weight excluding hydrogens is 260 g/mol. The zero-order chi connectivity index (χ0) is 15.3. The molecular formula is C19H34O2. The minimum Gasteiger partial charge on any atom is -0.393 e. The van der Waals surface area contributed by atoms with Gasteiger partial charge < -0.3 is 9.84 Å². The van der Waals surface area contributed by atoms with Crippen LogP contribution in [-0.2, 0) is 4.74 Å². The van der Waals surface area contributed by atoms with Gasteiger partial charge in [0.2, 0.25) is 0 Å². The molecule has 3 rings (SSSR count). The highest BCUT2D eigenvalue weighted by molar-refractivity contribution is 5.04. The lowest BCUT2D eigenvalue weighted by Gasteiger charge is -2.59. The van der Waals surface area contributed by atoms with E-state index in [1.165, 1.54) is 38.5 Å². The van der Waals surface area contributed by atoms with Gasteiger partial charge in [0.25, 0.3) is 0 Å². The van der Waals surface area contributed by atoms with Crippen molar-refractivity contribution in [3.8, 4) is 0 Å². The summed E-state index contributed by atoms with van der Waals surface area (Å²) in [4.78, 5) is 0. The third-order valence-corrected chi connectivity index (χ3v) is 7.48. The highest BCUT2D eigenvalue weighted by atomic mass is 16.5. The van der Waals surface area contributed by atoms with E-state index in [1.807, 2.05) is 0 Å². The van der Waals surface area contributed by atoms with Gasteiger partial charge in [-0.25, -0.2) is 0 Å². The van der Waals surface area contributed by atoms with Crippen LogP contribution in [0.2, 0.25) is 0 Å². The fraction of sp³-hybridized carbons (Fsp3) is 1.00. The van der Waals surface area contributed by atoms with Gasteiger partial charge in [0.15, 0.2) is 0 Å². The average molecular weight is 294 g/mol. The van der Waals surface area contributed by atoms with Gasteiger partial charge >= 0.3 is 0 Å². The maximum absolute atomic E-state index is 9.66. The smallest absolute Gasteiger partial charge is 0.0884 e. The van der Waals surface area contributed by atoms with Crippen LogP contribution in [0.25, 0.3) is 0 Å². The summed E-state index contributed by atoms with van der Waals surface area (Å²) in [5.41, 5.74) is 0.702. The maximum atomic E-state index is 9.66. The van der Waals surface area contributed by atoms with Gasteiger partial charge in [-0.2, -0.15) is 0 Å². The first-order valence-corrected chi connectivity index (χ1v) is 9.06. The van der Waals surface area contributed by atoms with Crippen LogP contribution in [-0.4, -0.2) is 23.9 Å². The molecule has 2 heteroatoms. The quantitative estimate of drug-likeness (QED) is 0.776. The van der Waals surface area contributed by atoms with E-state index < -0.39 is 0 Å². The minimum atomic E-state index is -0.298. The van der Waals surface area contributed by atoms with Crippen molar-refractivity contribution in [2.75, 3.05) is 13.2 Å². The van der Waals surface area contributed by atoms with Crippen LogP contribution in [0, 0.1) is 28.6 Å². The van der Waals surface area contributed by atoms with E-state index in [0.717, 1.165) is 24.9 Å². The second kappa shape index (κ2) is 5.23. The van der Waals surface area contributed by atoms with Crippen LogP contribution < -0.4 is 0 Å². The Morgan fingerprint density at radius 3 is 2.48 bits per heavy atom. The zero-order valence-electron chi connectivity index (χ0n) is 14.5. The van der Waals surface area contributed by atoms with Crippen molar-refractivity contribution in [3.05, 3.63) is 0 Å². The molecule has 0 aromatic rings. The Morgan fingerprint density at radius 1 is 1.00 bits per heavy atom. The third-order valence-electron chi connectivity index (χ3n) is 7.48. The second-order valence-electron chi connectivity index (χ2n) is 9.30. The van der Waals surface area contributed by atoms with Gasteiger partial charge in [-0.3, -0.25) is 0 Å². The molecule has 3 fully saturated rings. The van der Waals surface area contributed by atoms with Gasteiger partial charge in [0, 0.05) is 0 Å². The third kappa shape index (κ3) is 2.57. The normalized spacial score (nSPS) is 49.9. The van der Waals surface area contributed by atoms with E-state index in [0.29, 0.717) is 16.7 Å². The summed E-state index contributed by atoms with van der Waals surface area (Å²) in [7, 11) is 0. The zero-order valence-corrected chi connectivity index (χ0v) is 14.5. The molecule has 0 bridgehead atoms. The minimum absolute atomic E-state index is 0.165. The Balaban J connectivity index is 1.86. The first-order valence-electron chi connectivity index (χ1n) is 9.06. The van der Waals surface area contributed by atoms with E-state index in [-0.39, 0.29) is 12.2 Å². The van der Waals surface area contributed by atoms with Crippen LogP contribution in [0.5, 0.6) is 0 Å². The maximum Gasteiger partial charge on any atom is 0.0884 e. The summed E-state index contributed by atoms with van der Waals surface area (Å²) >= 11 is 0. The summed E-state index contributed by atoms with van der Waals surface area (Å²) in [6, 6.07) is 0. The number of rotatable bonds is 1. The Morgan fingerprint density at radius 2 is 1.76 bits per heavy atom. The topological polar surface area (TPSA) is 29.5 Å². The molecule has 0 aromatic heterocycles. The standard InChI is InChI=1S/C19H34O2/c1-17(2)9-5-10-19(4)15-8-11-18(3,13-20)21-12-14(15)6-7-16(17)19/h14-16,20H,5-13H2,1-4H3/t14-,15+,16+,18-,19-/m1/s1. The van der Waals surface area contributed by atoms with E-state index in [2.05, 4.69) is 27.7 Å². The lowest BCUT2D eigenvalue weighted by Crippen LogP contribution is -2.51. The van der Waals surface area contributed by atoms with Gasteiger partial charge in [0.05, 0.1) is 18.8 Å². The Kier molecular flexibility index (Phi) is 3.94. The molecule has 0 aromatic carbocycles. The molecule has 1 aliphatic heterocycles. The van der Waals surface area contributed by atoms with Crippen LogP contribution in [0.1, 0.15) is 72.6 Å². The van der Waals surface area contributed by atoms with Gasteiger partial charge in [-0.15, -0.1) is 0 Å². The predicted octanol–water partition coefficient (Wildman–Crippen LogP) is 4.41. The highest BCUT2D eigenvalue weighted by Gasteiger charge is 2.55. The summed E-state index contributed by atoms with van der Waals surface area (Å²) in [6.45, 7) is 10.7. The van der Waals surface area contributed by atoms with E-state index in [4.69, 9.17) is 4.74 Å². The van der Waals surface area contributed by atoms with Crippen molar-refractivity contribution in [2.45, 2.75) is 78.2 Å². The Labute approximate surface area is 130 Å². The lowest BCUT2D eigenvalue weighted by molar-refractivity contribution is -0.114. The first kappa shape index (κ1) is 15.8. The fourth-order valence-electron chi connectivity index (χ4n) is 6.18. The molecule has 1 heterocycles. The molecule has 5 atom stereocenters.